The first-order valence-electron chi connectivity index (χ1n) is 8.38. The van der Waals surface area contributed by atoms with Gasteiger partial charge in [-0.05, 0) is 19.4 Å². The number of aryl methyl sites for hydroxylation is 1. The molecule has 130 valence electrons. The van der Waals surface area contributed by atoms with Gasteiger partial charge >= 0.3 is 0 Å². The summed E-state index contributed by atoms with van der Waals surface area (Å²) in [6, 6.07) is 6.97. The van der Waals surface area contributed by atoms with Crippen LogP contribution in [-0.4, -0.2) is 35.4 Å². The number of unbranched alkanes of at least 4 members (excludes halogenated alkanes) is 2. The molecule has 2 rings (SSSR count). The number of carbonyl (C=O) groups excluding carboxylic acids is 1. The van der Waals surface area contributed by atoms with Crippen molar-refractivity contribution in [3.05, 3.63) is 40.3 Å². The molecule has 0 saturated heterocycles. The standard InChI is InChI=1S/C18H25N3O3/c1-4-5-8-11-21-18(23)15-10-7-6-9-14(15)16(20-21)17(22)19-13(2)12-24-3/h6-7,9-10,13H,4-5,8,11-12H2,1-3H3,(H,19,22). The zero-order valence-corrected chi connectivity index (χ0v) is 14.5. The number of ether oxygens (including phenoxy) is 1. The molecule has 0 aliphatic rings. The first-order chi connectivity index (χ1) is 11.6. The molecule has 1 atom stereocenters. The van der Waals surface area contributed by atoms with Crippen LogP contribution >= 0.6 is 0 Å². The van der Waals surface area contributed by atoms with Crippen LogP contribution in [0, 0.1) is 0 Å². The summed E-state index contributed by atoms with van der Waals surface area (Å²) in [5.74, 6) is -0.292. The largest absolute Gasteiger partial charge is 0.383 e. The van der Waals surface area contributed by atoms with Crippen LogP contribution in [0.15, 0.2) is 29.1 Å². The van der Waals surface area contributed by atoms with Crippen molar-refractivity contribution in [1.29, 1.82) is 0 Å². The summed E-state index contributed by atoms with van der Waals surface area (Å²) >= 11 is 0. The average Bonchev–Trinajstić information content (AvgIpc) is 2.57. The van der Waals surface area contributed by atoms with E-state index >= 15 is 0 Å². The lowest BCUT2D eigenvalue weighted by Crippen LogP contribution is -2.37. The predicted octanol–water partition coefficient (Wildman–Crippen LogP) is 2.35. The molecule has 0 bridgehead atoms. The van der Waals surface area contributed by atoms with Crippen LogP contribution in [0.4, 0.5) is 0 Å². The van der Waals surface area contributed by atoms with E-state index in [-0.39, 0.29) is 23.2 Å². The highest BCUT2D eigenvalue weighted by atomic mass is 16.5. The van der Waals surface area contributed by atoms with Crippen molar-refractivity contribution < 1.29 is 9.53 Å². The number of benzene rings is 1. The van der Waals surface area contributed by atoms with Crippen molar-refractivity contribution in [1.82, 2.24) is 15.1 Å². The fraction of sp³-hybridized carbons (Fsp3) is 0.500. The highest BCUT2D eigenvalue weighted by Gasteiger charge is 2.18. The van der Waals surface area contributed by atoms with Crippen molar-refractivity contribution in [2.75, 3.05) is 13.7 Å². The van der Waals surface area contributed by atoms with E-state index < -0.39 is 0 Å². The molecule has 0 aliphatic heterocycles. The first kappa shape index (κ1) is 18.1. The van der Waals surface area contributed by atoms with Crippen molar-refractivity contribution in [3.8, 4) is 0 Å². The molecule has 24 heavy (non-hydrogen) atoms. The second-order valence-corrected chi connectivity index (χ2v) is 5.96. The van der Waals surface area contributed by atoms with Gasteiger partial charge in [0, 0.05) is 25.1 Å². The number of hydrogen-bond donors (Lipinski definition) is 1. The highest BCUT2D eigenvalue weighted by molar-refractivity contribution is 6.04. The zero-order valence-electron chi connectivity index (χ0n) is 14.5. The number of nitrogens with one attached hydrogen (secondary N) is 1. The Morgan fingerprint density at radius 2 is 2.00 bits per heavy atom. The SMILES string of the molecule is CCCCCn1nc(C(=O)NC(C)COC)c2ccccc2c1=O. The van der Waals surface area contributed by atoms with E-state index in [4.69, 9.17) is 4.74 Å². The molecule has 0 aliphatic carbocycles. The van der Waals surface area contributed by atoms with Gasteiger partial charge in [-0.2, -0.15) is 5.10 Å². The number of fused-ring (bicyclic) bond motifs is 1. The minimum atomic E-state index is -0.292. The third-order valence-corrected chi connectivity index (χ3v) is 3.85. The Hall–Kier alpha value is -2.21. The average molecular weight is 331 g/mol. The summed E-state index contributed by atoms with van der Waals surface area (Å²) in [6.07, 6.45) is 2.94. The minimum Gasteiger partial charge on any atom is -0.383 e. The Labute approximate surface area is 141 Å². The molecule has 2 aromatic rings. The maximum Gasteiger partial charge on any atom is 0.274 e. The second kappa shape index (κ2) is 8.59. The fourth-order valence-corrected chi connectivity index (χ4v) is 2.65. The lowest BCUT2D eigenvalue weighted by atomic mass is 10.1. The number of methoxy groups -OCH3 is 1. The van der Waals surface area contributed by atoms with E-state index in [2.05, 4.69) is 17.3 Å². The summed E-state index contributed by atoms with van der Waals surface area (Å²) in [7, 11) is 1.59. The van der Waals surface area contributed by atoms with Gasteiger partial charge < -0.3 is 10.1 Å². The maximum absolute atomic E-state index is 12.6. The topological polar surface area (TPSA) is 73.2 Å². The summed E-state index contributed by atoms with van der Waals surface area (Å²) in [6.45, 7) is 4.90. The van der Waals surface area contributed by atoms with Gasteiger partial charge in [-0.1, -0.05) is 38.0 Å². The van der Waals surface area contributed by atoms with Crippen LogP contribution in [-0.2, 0) is 11.3 Å². The van der Waals surface area contributed by atoms with E-state index in [1.807, 2.05) is 6.92 Å². The van der Waals surface area contributed by atoms with Gasteiger partial charge in [-0.3, -0.25) is 9.59 Å². The van der Waals surface area contributed by atoms with E-state index in [1.54, 1.807) is 31.4 Å². The Kier molecular flexibility index (Phi) is 6.49. The van der Waals surface area contributed by atoms with E-state index in [9.17, 15) is 9.59 Å². The van der Waals surface area contributed by atoms with Crippen LogP contribution < -0.4 is 10.9 Å². The highest BCUT2D eigenvalue weighted by Crippen LogP contribution is 2.13. The van der Waals surface area contributed by atoms with Gasteiger partial charge in [-0.25, -0.2) is 4.68 Å². The quantitative estimate of drug-likeness (QED) is 0.754. The summed E-state index contributed by atoms with van der Waals surface area (Å²) in [4.78, 5) is 25.2. The van der Waals surface area contributed by atoms with Crippen molar-refractivity contribution >= 4 is 16.7 Å². The van der Waals surface area contributed by atoms with Crippen molar-refractivity contribution in [2.45, 2.75) is 45.7 Å². The van der Waals surface area contributed by atoms with E-state index in [0.29, 0.717) is 23.9 Å². The minimum absolute atomic E-state index is 0.136. The van der Waals surface area contributed by atoms with Crippen LogP contribution in [0.2, 0.25) is 0 Å². The molecule has 1 heterocycles. The Morgan fingerprint density at radius 3 is 2.67 bits per heavy atom. The molecule has 1 aromatic heterocycles. The number of nitrogens with zero attached hydrogens (tertiary/aromatic N) is 2. The fourth-order valence-electron chi connectivity index (χ4n) is 2.65. The molecular formula is C18H25N3O3. The van der Waals surface area contributed by atoms with Gasteiger partial charge in [0.1, 0.15) is 0 Å². The Morgan fingerprint density at radius 1 is 1.29 bits per heavy atom. The van der Waals surface area contributed by atoms with E-state index in [1.165, 1.54) is 4.68 Å². The number of hydrogen-bond acceptors (Lipinski definition) is 4. The molecule has 0 saturated carbocycles. The number of amides is 1. The van der Waals surface area contributed by atoms with Crippen LogP contribution in [0.25, 0.3) is 10.8 Å². The molecule has 1 unspecified atom stereocenters. The lowest BCUT2D eigenvalue weighted by molar-refractivity contribution is 0.0900. The first-order valence-corrected chi connectivity index (χ1v) is 8.38. The molecule has 6 nitrogen and oxygen atoms in total. The lowest BCUT2D eigenvalue weighted by Gasteiger charge is -2.14. The summed E-state index contributed by atoms with van der Waals surface area (Å²) in [5, 5.41) is 8.30. The van der Waals surface area contributed by atoms with Crippen LogP contribution in [0.3, 0.4) is 0 Å². The number of carbonyl (C=O) groups is 1. The molecule has 0 spiro atoms. The third kappa shape index (κ3) is 4.20. The molecule has 1 N–H and O–H groups in total. The molecule has 0 fully saturated rings. The number of rotatable bonds is 8. The smallest absolute Gasteiger partial charge is 0.274 e. The van der Waals surface area contributed by atoms with Gasteiger partial charge in [-0.15, -0.1) is 0 Å². The third-order valence-electron chi connectivity index (χ3n) is 3.85. The molecule has 0 radical (unpaired) electrons. The van der Waals surface area contributed by atoms with Gasteiger partial charge in [0.15, 0.2) is 5.69 Å². The van der Waals surface area contributed by atoms with Gasteiger partial charge in [0.2, 0.25) is 0 Å². The Balaban J connectivity index is 2.41. The molecule has 6 heteroatoms. The monoisotopic (exact) mass is 331 g/mol. The maximum atomic E-state index is 12.6. The second-order valence-electron chi connectivity index (χ2n) is 5.96. The van der Waals surface area contributed by atoms with Crippen LogP contribution in [0.5, 0.6) is 0 Å². The molecular weight excluding hydrogens is 306 g/mol. The Bertz CT molecular complexity index is 755. The van der Waals surface area contributed by atoms with Crippen molar-refractivity contribution in [2.24, 2.45) is 0 Å². The van der Waals surface area contributed by atoms with Crippen molar-refractivity contribution in [3.63, 3.8) is 0 Å². The van der Waals surface area contributed by atoms with Gasteiger partial charge in [0.25, 0.3) is 11.5 Å². The van der Waals surface area contributed by atoms with Crippen LogP contribution in [0.1, 0.15) is 43.6 Å². The molecule has 1 aromatic carbocycles. The zero-order chi connectivity index (χ0) is 17.5. The molecule has 1 amide bonds. The summed E-state index contributed by atoms with van der Waals surface area (Å²) in [5.41, 5.74) is 0.132. The van der Waals surface area contributed by atoms with E-state index in [0.717, 1.165) is 19.3 Å². The summed E-state index contributed by atoms with van der Waals surface area (Å²) < 4.78 is 6.46. The predicted molar refractivity (Wildman–Crippen MR) is 94.3 cm³/mol. The van der Waals surface area contributed by atoms with Gasteiger partial charge in [0.05, 0.1) is 12.0 Å². The normalized spacial score (nSPS) is 12.3. The number of aromatic nitrogens is 2.